The van der Waals surface area contributed by atoms with Gasteiger partial charge < -0.3 is 15.3 Å². The molecule has 0 bridgehead atoms. The van der Waals surface area contributed by atoms with Crippen molar-refractivity contribution in [1.29, 1.82) is 0 Å². The average molecular weight is 387 g/mol. The average Bonchev–Trinajstić information content (AvgIpc) is 3.04. The highest BCUT2D eigenvalue weighted by Gasteiger charge is 2.35. The Morgan fingerprint density at radius 3 is 2.56 bits per heavy atom. The Hall–Kier alpha value is -2.20. The maximum atomic E-state index is 11.5. The van der Waals surface area contributed by atoms with E-state index in [1.54, 1.807) is 4.90 Å². The maximum Gasteiger partial charge on any atom is 0.407 e. The van der Waals surface area contributed by atoms with Crippen LogP contribution in [0, 0.1) is 11.8 Å². The van der Waals surface area contributed by atoms with Crippen molar-refractivity contribution in [3.8, 4) is 0 Å². The topological polar surface area (TPSA) is 52.6 Å². The van der Waals surface area contributed by atoms with Crippen molar-refractivity contribution in [2.45, 2.75) is 26.2 Å². The molecule has 0 aliphatic carbocycles. The van der Waals surface area contributed by atoms with E-state index in [1.165, 1.54) is 11.1 Å². The summed E-state index contributed by atoms with van der Waals surface area (Å²) < 4.78 is 0. The molecule has 144 valence electrons. The number of carbonyl (C=O) groups is 1. The molecule has 1 aliphatic rings. The zero-order valence-corrected chi connectivity index (χ0v) is 16.6. The van der Waals surface area contributed by atoms with Crippen LogP contribution in [-0.4, -0.2) is 35.7 Å². The monoisotopic (exact) mass is 386 g/mol. The zero-order chi connectivity index (χ0) is 19.4. The number of nitrogens with zero attached hydrogens (tertiary/aromatic N) is 1. The number of anilines is 1. The highest BCUT2D eigenvalue weighted by molar-refractivity contribution is 6.30. The molecule has 0 aromatic heterocycles. The molecule has 1 saturated heterocycles. The lowest BCUT2D eigenvalue weighted by atomic mass is 9.88. The van der Waals surface area contributed by atoms with Crippen LogP contribution in [0.25, 0.3) is 0 Å². The number of likely N-dealkylation sites (tertiary alicyclic amines) is 1. The third-order valence-electron chi connectivity index (χ3n) is 5.38. The second kappa shape index (κ2) is 8.66. The smallest absolute Gasteiger partial charge is 0.407 e. The van der Waals surface area contributed by atoms with E-state index >= 15 is 0 Å². The van der Waals surface area contributed by atoms with E-state index in [0.29, 0.717) is 29.9 Å². The maximum absolute atomic E-state index is 11.5. The molecule has 3 rings (SSSR count). The van der Waals surface area contributed by atoms with Crippen LogP contribution in [0.1, 0.15) is 30.9 Å². The molecule has 0 spiro atoms. The number of hydrogen-bond donors (Lipinski definition) is 2. The SMILES string of the molecule is CC(C)c1cccc(C[C@H]2CN(C(=O)O)C[C@H]2CNc2ccc(Cl)cc2)c1. The summed E-state index contributed by atoms with van der Waals surface area (Å²) >= 11 is 5.94. The predicted molar refractivity (Wildman–Crippen MR) is 111 cm³/mol. The van der Waals surface area contributed by atoms with Crippen molar-refractivity contribution in [2.24, 2.45) is 11.8 Å². The first-order valence-corrected chi connectivity index (χ1v) is 9.86. The largest absolute Gasteiger partial charge is 0.465 e. The van der Waals surface area contributed by atoms with Gasteiger partial charge in [-0.2, -0.15) is 0 Å². The van der Waals surface area contributed by atoms with Crippen molar-refractivity contribution in [3.63, 3.8) is 0 Å². The Kier molecular flexibility index (Phi) is 6.27. The van der Waals surface area contributed by atoms with Crippen molar-refractivity contribution < 1.29 is 9.90 Å². The molecule has 0 saturated carbocycles. The van der Waals surface area contributed by atoms with Gasteiger partial charge in [-0.3, -0.25) is 0 Å². The van der Waals surface area contributed by atoms with Crippen LogP contribution in [0.3, 0.4) is 0 Å². The molecule has 0 radical (unpaired) electrons. The van der Waals surface area contributed by atoms with Crippen LogP contribution in [0.5, 0.6) is 0 Å². The molecule has 2 aromatic rings. The molecule has 2 aromatic carbocycles. The number of rotatable bonds is 6. The van der Waals surface area contributed by atoms with Gasteiger partial charge in [0, 0.05) is 30.3 Å². The minimum atomic E-state index is -0.829. The Bertz CT molecular complexity index is 776. The Balaban J connectivity index is 1.69. The highest BCUT2D eigenvalue weighted by Crippen LogP contribution is 2.28. The fraction of sp³-hybridized carbons (Fsp3) is 0.409. The third kappa shape index (κ3) is 5.16. The van der Waals surface area contributed by atoms with Crippen LogP contribution in [0.2, 0.25) is 5.02 Å². The molecule has 1 heterocycles. The number of benzene rings is 2. The highest BCUT2D eigenvalue weighted by atomic mass is 35.5. The zero-order valence-electron chi connectivity index (χ0n) is 15.9. The van der Waals surface area contributed by atoms with Gasteiger partial charge in [0.1, 0.15) is 0 Å². The molecule has 1 aliphatic heterocycles. The van der Waals surface area contributed by atoms with Gasteiger partial charge >= 0.3 is 6.09 Å². The fourth-order valence-corrected chi connectivity index (χ4v) is 3.88. The summed E-state index contributed by atoms with van der Waals surface area (Å²) in [7, 11) is 0. The fourth-order valence-electron chi connectivity index (χ4n) is 3.76. The van der Waals surface area contributed by atoms with Crippen molar-refractivity contribution in [3.05, 3.63) is 64.7 Å². The Morgan fingerprint density at radius 1 is 1.19 bits per heavy atom. The normalized spacial score (nSPS) is 19.5. The van der Waals surface area contributed by atoms with E-state index in [0.717, 1.165) is 18.7 Å². The number of halogens is 1. The number of nitrogens with one attached hydrogen (secondary N) is 1. The molecule has 2 atom stereocenters. The molecule has 27 heavy (non-hydrogen) atoms. The first kappa shape index (κ1) is 19.6. The van der Waals surface area contributed by atoms with Crippen LogP contribution in [0.4, 0.5) is 10.5 Å². The number of hydrogen-bond acceptors (Lipinski definition) is 2. The van der Waals surface area contributed by atoms with Gasteiger partial charge in [0.2, 0.25) is 0 Å². The van der Waals surface area contributed by atoms with Crippen LogP contribution >= 0.6 is 11.6 Å². The van der Waals surface area contributed by atoms with Gasteiger partial charge in [0.05, 0.1) is 0 Å². The summed E-state index contributed by atoms with van der Waals surface area (Å²) in [6.07, 6.45) is 0.0713. The summed E-state index contributed by atoms with van der Waals surface area (Å²) in [5.41, 5.74) is 3.63. The van der Waals surface area contributed by atoms with E-state index in [-0.39, 0.29) is 5.92 Å². The second-order valence-electron chi connectivity index (χ2n) is 7.70. The minimum absolute atomic E-state index is 0.277. The first-order valence-electron chi connectivity index (χ1n) is 9.48. The first-order chi connectivity index (χ1) is 12.9. The van der Waals surface area contributed by atoms with Crippen molar-refractivity contribution in [1.82, 2.24) is 4.90 Å². The molecule has 4 nitrogen and oxygen atoms in total. The van der Waals surface area contributed by atoms with E-state index in [4.69, 9.17) is 11.6 Å². The summed E-state index contributed by atoms with van der Waals surface area (Å²) in [4.78, 5) is 13.0. The summed E-state index contributed by atoms with van der Waals surface area (Å²) in [5.74, 6) is 1.08. The predicted octanol–water partition coefficient (Wildman–Crippen LogP) is 5.34. The van der Waals surface area contributed by atoms with Crippen LogP contribution in [-0.2, 0) is 6.42 Å². The lowest BCUT2D eigenvalue weighted by Gasteiger charge is -2.20. The lowest BCUT2D eigenvalue weighted by Crippen LogP contribution is -2.27. The minimum Gasteiger partial charge on any atom is -0.465 e. The molecule has 0 unspecified atom stereocenters. The number of amides is 1. The van der Waals surface area contributed by atoms with Crippen molar-refractivity contribution >= 4 is 23.4 Å². The second-order valence-corrected chi connectivity index (χ2v) is 8.14. The van der Waals surface area contributed by atoms with E-state index in [2.05, 4.69) is 43.4 Å². The van der Waals surface area contributed by atoms with E-state index in [1.807, 2.05) is 24.3 Å². The quantitative estimate of drug-likeness (QED) is 0.704. The van der Waals surface area contributed by atoms with Gasteiger partial charge in [-0.05, 0) is 59.6 Å². The van der Waals surface area contributed by atoms with E-state index in [9.17, 15) is 9.90 Å². The third-order valence-corrected chi connectivity index (χ3v) is 5.63. The number of carboxylic acid groups (broad SMARTS) is 1. The molecule has 1 amide bonds. The van der Waals surface area contributed by atoms with Crippen LogP contribution < -0.4 is 5.32 Å². The molecule has 1 fully saturated rings. The Morgan fingerprint density at radius 2 is 1.89 bits per heavy atom. The molecular weight excluding hydrogens is 360 g/mol. The van der Waals surface area contributed by atoms with E-state index < -0.39 is 6.09 Å². The molecule has 2 N–H and O–H groups in total. The Labute approximate surface area is 166 Å². The standard InChI is InChI=1S/C22H27ClN2O2/c1-15(2)17-5-3-4-16(10-17)11-18-13-25(22(26)27)14-19(18)12-24-21-8-6-20(23)7-9-21/h3-10,15,18-19,24H,11-14H2,1-2H3,(H,26,27)/t18-,19+/m0/s1. The van der Waals surface area contributed by atoms with Gasteiger partial charge in [-0.25, -0.2) is 4.79 Å². The lowest BCUT2D eigenvalue weighted by molar-refractivity contribution is 0.153. The summed E-state index contributed by atoms with van der Waals surface area (Å²) in [5, 5.41) is 13.6. The van der Waals surface area contributed by atoms with Crippen LogP contribution in [0.15, 0.2) is 48.5 Å². The van der Waals surface area contributed by atoms with Gasteiger partial charge in [0.15, 0.2) is 0 Å². The molecular formula is C22H27ClN2O2. The van der Waals surface area contributed by atoms with Crippen molar-refractivity contribution in [2.75, 3.05) is 25.0 Å². The summed E-state index contributed by atoms with van der Waals surface area (Å²) in [6, 6.07) is 16.3. The van der Waals surface area contributed by atoms with Gasteiger partial charge in [-0.15, -0.1) is 0 Å². The summed E-state index contributed by atoms with van der Waals surface area (Å²) in [6.45, 7) is 6.30. The molecule has 5 heteroatoms. The van der Waals surface area contributed by atoms with Gasteiger partial charge in [-0.1, -0.05) is 49.7 Å². The van der Waals surface area contributed by atoms with Gasteiger partial charge in [0.25, 0.3) is 0 Å².